The van der Waals surface area contributed by atoms with E-state index in [1.54, 1.807) is 17.0 Å². The van der Waals surface area contributed by atoms with Gasteiger partial charge in [0.1, 0.15) is 0 Å². The Morgan fingerprint density at radius 1 is 1.53 bits per heavy atom. The Hall–Kier alpha value is -0.520. The summed E-state index contributed by atoms with van der Waals surface area (Å²) in [5.74, 6) is 0.736. The van der Waals surface area contributed by atoms with Gasteiger partial charge in [-0.1, -0.05) is 23.4 Å². The largest absolute Gasteiger partial charge is 0.325 e. The van der Waals surface area contributed by atoms with E-state index in [1.807, 2.05) is 0 Å². The molecule has 6 heteroatoms. The molecule has 1 aliphatic rings. The Bertz CT molecular complexity index is 405. The SMILES string of the molecule is O=C(CN1CCSC1=O)c1ccc(Cl)s1. The lowest BCUT2D eigenvalue weighted by Crippen LogP contribution is -2.29. The Morgan fingerprint density at radius 2 is 2.33 bits per heavy atom. The predicted octanol–water partition coefficient (Wildman–Crippen LogP) is 2.75. The molecule has 0 bridgehead atoms. The van der Waals surface area contributed by atoms with E-state index in [-0.39, 0.29) is 17.6 Å². The van der Waals surface area contributed by atoms with Gasteiger partial charge in [0.15, 0.2) is 5.78 Å². The zero-order chi connectivity index (χ0) is 10.8. The lowest BCUT2D eigenvalue weighted by molar-refractivity contribution is 0.0960. The first-order valence-corrected chi connectivity index (χ1v) is 6.55. The minimum atomic E-state index is -0.0391. The first-order valence-electron chi connectivity index (χ1n) is 4.37. The molecule has 0 N–H and O–H groups in total. The summed E-state index contributed by atoms with van der Waals surface area (Å²) in [6, 6.07) is 3.39. The number of hydrogen-bond acceptors (Lipinski definition) is 4. The second kappa shape index (κ2) is 4.55. The zero-order valence-electron chi connectivity index (χ0n) is 7.73. The van der Waals surface area contributed by atoms with Crippen LogP contribution in [0.5, 0.6) is 0 Å². The maximum atomic E-state index is 11.7. The highest BCUT2D eigenvalue weighted by molar-refractivity contribution is 8.13. The van der Waals surface area contributed by atoms with Gasteiger partial charge in [-0.2, -0.15) is 0 Å². The maximum absolute atomic E-state index is 11.7. The van der Waals surface area contributed by atoms with Gasteiger partial charge in [-0.15, -0.1) is 11.3 Å². The van der Waals surface area contributed by atoms with Crippen LogP contribution in [0.25, 0.3) is 0 Å². The van der Waals surface area contributed by atoms with Crippen LogP contribution in [-0.4, -0.2) is 34.8 Å². The van der Waals surface area contributed by atoms with Crippen LogP contribution < -0.4 is 0 Å². The molecule has 0 spiro atoms. The first-order chi connectivity index (χ1) is 7.16. The molecule has 0 aromatic carbocycles. The molecule has 80 valence electrons. The number of rotatable bonds is 3. The molecule has 0 atom stereocenters. The van der Waals surface area contributed by atoms with E-state index in [1.165, 1.54) is 23.1 Å². The molecule has 1 saturated heterocycles. The molecule has 0 unspecified atom stereocenters. The summed E-state index contributed by atoms with van der Waals surface area (Å²) in [4.78, 5) is 25.2. The molecule has 3 nitrogen and oxygen atoms in total. The summed E-state index contributed by atoms with van der Waals surface area (Å²) in [7, 11) is 0. The van der Waals surface area contributed by atoms with Crippen molar-refractivity contribution in [2.75, 3.05) is 18.8 Å². The molecule has 2 heterocycles. The smallest absolute Gasteiger partial charge is 0.282 e. The molecule has 0 saturated carbocycles. The van der Waals surface area contributed by atoms with Crippen molar-refractivity contribution in [1.82, 2.24) is 4.90 Å². The third-order valence-electron chi connectivity index (χ3n) is 2.03. The van der Waals surface area contributed by atoms with Crippen LogP contribution in [0.3, 0.4) is 0 Å². The van der Waals surface area contributed by atoms with Gasteiger partial charge in [0.2, 0.25) is 0 Å². The third kappa shape index (κ3) is 2.53. The summed E-state index contributed by atoms with van der Waals surface area (Å²) in [6.45, 7) is 0.830. The number of amides is 1. The van der Waals surface area contributed by atoms with E-state index < -0.39 is 0 Å². The molecule has 1 aliphatic heterocycles. The van der Waals surface area contributed by atoms with Gasteiger partial charge >= 0.3 is 0 Å². The average molecular weight is 262 g/mol. The van der Waals surface area contributed by atoms with Gasteiger partial charge in [0.05, 0.1) is 15.8 Å². The van der Waals surface area contributed by atoms with E-state index in [0.717, 1.165) is 5.75 Å². The normalized spacial score (nSPS) is 16.1. The topological polar surface area (TPSA) is 37.4 Å². The molecule has 2 rings (SSSR count). The zero-order valence-corrected chi connectivity index (χ0v) is 10.1. The minimum Gasteiger partial charge on any atom is -0.325 e. The van der Waals surface area contributed by atoms with Crippen LogP contribution in [0.4, 0.5) is 4.79 Å². The Morgan fingerprint density at radius 3 is 2.87 bits per heavy atom. The van der Waals surface area contributed by atoms with E-state index >= 15 is 0 Å². The summed E-state index contributed by atoms with van der Waals surface area (Å²) >= 11 is 8.24. The number of nitrogens with zero attached hydrogens (tertiary/aromatic N) is 1. The first kappa shape index (κ1) is 11.0. The fourth-order valence-electron chi connectivity index (χ4n) is 1.28. The van der Waals surface area contributed by atoms with Crippen LogP contribution in [0.15, 0.2) is 12.1 Å². The lowest BCUT2D eigenvalue weighted by Gasteiger charge is -2.11. The van der Waals surface area contributed by atoms with Crippen LogP contribution >= 0.6 is 34.7 Å². The second-order valence-corrected chi connectivity index (χ2v) is 5.82. The van der Waals surface area contributed by atoms with Crippen LogP contribution in [0, 0.1) is 0 Å². The molecule has 0 radical (unpaired) electrons. The van der Waals surface area contributed by atoms with Crippen LogP contribution in [0.1, 0.15) is 9.67 Å². The molecule has 1 fully saturated rings. The fourth-order valence-corrected chi connectivity index (χ4v) is 3.08. The highest BCUT2D eigenvalue weighted by atomic mass is 35.5. The van der Waals surface area contributed by atoms with Gasteiger partial charge in [0.25, 0.3) is 5.24 Å². The summed E-state index contributed by atoms with van der Waals surface area (Å²) in [5, 5.41) is -0.00833. The summed E-state index contributed by atoms with van der Waals surface area (Å²) in [5.41, 5.74) is 0. The Labute approximate surface area is 100 Å². The fraction of sp³-hybridized carbons (Fsp3) is 0.333. The van der Waals surface area contributed by atoms with Crippen molar-refractivity contribution < 1.29 is 9.59 Å². The number of thioether (sulfide) groups is 1. The number of hydrogen-bond donors (Lipinski definition) is 0. The van der Waals surface area contributed by atoms with Crippen LogP contribution in [-0.2, 0) is 0 Å². The average Bonchev–Trinajstić information content (AvgIpc) is 2.77. The molecule has 0 aliphatic carbocycles. The molecule has 1 aromatic heterocycles. The van der Waals surface area contributed by atoms with Crippen molar-refractivity contribution in [3.8, 4) is 0 Å². The third-order valence-corrected chi connectivity index (χ3v) is 4.19. The molecule has 1 aromatic rings. The van der Waals surface area contributed by atoms with Gasteiger partial charge in [0, 0.05) is 12.3 Å². The molecular formula is C9H8ClNO2S2. The van der Waals surface area contributed by atoms with Gasteiger partial charge in [-0.25, -0.2) is 0 Å². The van der Waals surface area contributed by atoms with Crippen molar-refractivity contribution >= 4 is 45.7 Å². The number of ketones is 1. The number of halogens is 1. The van der Waals surface area contributed by atoms with E-state index in [4.69, 9.17) is 11.6 Å². The van der Waals surface area contributed by atoms with Crippen molar-refractivity contribution in [2.45, 2.75) is 0 Å². The van der Waals surface area contributed by atoms with E-state index in [0.29, 0.717) is 15.8 Å². The molecular weight excluding hydrogens is 254 g/mol. The standard InChI is InChI=1S/C9H8ClNO2S2/c10-8-2-1-7(15-8)6(12)5-11-3-4-14-9(11)13/h1-2H,3-5H2. The monoisotopic (exact) mass is 261 g/mol. The maximum Gasteiger partial charge on any atom is 0.282 e. The quantitative estimate of drug-likeness (QED) is 0.785. The van der Waals surface area contributed by atoms with Crippen molar-refractivity contribution in [3.63, 3.8) is 0 Å². The Balaban J connectivity index is 2.00. The van der Waals surface area contributed by atoms with Gasteiger partial charge < -0.3 is 4.90 Å². The minimum absolute atomic E-state index is 0.00833. The van der Waals surface area contributed by atoms with Gasteiger partial charge in [-0.05, 0) is 12.1 Å². The number of carbonyl (C=O) groups is 2. The van der Waals surface area contributed by atoms with Crippen molar-refractivity contribution in [1.29, 1.82) is 0 Å². The van der Waals surface area contributed by atoms with Crippen LogP contribution in [0.2, 0.25) is 4.34 Å². The van der Waals surface area contributed by atoms with Crippen molar-refractivity contribution in [3.05, 3.63) is 21.3 Å². The number of carbonyl (C=O) groups excluding carboxylic acids is 2. The highest BCUT2D eigenvalue weighted by Gasteiger charge is 2.24. The molecule has 15 heavy (non-hydrogen) atoms. The number of Topliss-reactive ketones (excluding diaryl/α,β-unsaturated/α-hetero) is 1. The highest BCUT2D eigenvalue weighted by Crippen LogP contribution is 2.23. The van der Waals surface area contributed by atoms with Gasteiger partial charge in [-0.3, -0.25) is 9.59 Å². The summed E-state index contributed by atoms with van der Waals surface area (Å²) in [6.07, 6.45) is 0. The Kier molecular flexibility index (Phi) is 3.33. The predicted molar refractivity (Wildman–Crippen MR) is 63.1 cm³/mol. The lowest BCUT2D eigenvalue weighted by atomic mass is 10.3. The van der Waals surface area contributed by atoms with E-state index in [2.05, 4.69) is 0 Å². The second-order valence-electron chi connectivity index (χ2n) is 3.06. The molecule has 1 amide bonds. The van der Waals surface area contributed by atoms with E-state index in [9.17, 15) is 9.59 Å². The van der Waals surface area contributed by atoms with Crippen molar-refractivity contribution in [2.24, 2.45) is 0 Å². The number of thiophene rings is 1. The summed E-state index contributed by atoms with van der Waals surface area (Å²) < 4.78 is 0.598.